The third-order valence-electron chi connectivity index (χ3n) is 5.18. The molecule has 2 aromatic heterocycles. The van der Waals surface area contributed by atoms with E-state index in [-0.39, 0.29) is 5.78 Å². The third kappa shape index (κ3) is 4.55. The van der Waals surface area contributed by atoms with Crippen LogP contribution in [0, 0.1) is 6.92 Å². The van der Waals surface area contributed by atoms with E-state index >= 15 is 0 Å². The highest BCUT2D eigenvalue weighted by molar-refractivity contribution is 9.10. The Bertz CT molecular complexity index is 1480. The number of carbonyl (C=O) groups excluding carboxylic acids is 1. The van der Waals surface area contributed by atoms with Crippen molar-refractivity contribution in [2.75, 3.05) is 0 Å². The first-order valence-corrected chi connectivity index (χ1v) is 12.2. The van der Waals surface area contributed by atoms with E-state index < -0.39 is 0 Å². The summed E-state index contributed by atoms with van der Waals surface area (Å²) in [6.07, 6.45) is 3.38. The maximum absolute atomic E-state index is 12.8. The highest BCUT2D eigenvalue weighted by atomic mass is 79.9. The molecular formula is C26H17BrClN3OS. The standard InChI is InChI=1S/C26H17BrClN3OS/c1-16-2-4-17(5-3-16)23(32)15-14-22-24(18-6-10-20(27)11-7-18)29-26-31(22)30-25(33-26)19-8-12-21(28)13-9-19/h2-15H,1H3/b15-14+. The number of ketones is 1. The van der Waals surface area contributed by atoms with Crippen molar-refractivity contribution in [2.24, 2.45) is 0 Å². The van der Waals surface area contributed by atoms with Crippen molar-refractivity contribution >= 4 is 55.7 Å². The van der Waals surface area contributed by atoms with Crippen molar-refractivity contribution in [2.45, 2.75) is 6.92 Å². The Labute approximate surface area is 208 Å². The number of rotatable bonds is 5. The van der Waals surface area contributed by atoms with Crippen LogP contribution in [0.25, 0.3) is 32.9 Å². The molecule has 0 aliphatic carbocycles. The van der Waals surface area contributed by atoms with Gasteiger partial charge < -0.3 is 0 Å². The van der Waals surface area contributed by atoms with Crippen LogP contribution in [0.15, 0.2) is 83.3 Å². The van der Waals surface area contributed by atoms with Gasteiger partial charge in [-0.25, -0.2) is 9.50 Å². The van der Waals surface area contributed by atoms with E-state index in [1.165, 1.54) is 11.3 Å². The van der Waals surface area contributed by atoms with Gasteiger partial charge in [0.25, 0.3) is 0 Å². The zero-order chi connectivity index (χ0) is 22.9. The highest BCUT2D eigenvalue weighted by Crippen LogP contribution is 2.32. The molecule has 0 amide bonds. The molecule has 0 saturated carbocycles. The second kappa shape index (κ2) is 9.06. The van der Waals surface area contributed by atoms with Gasteiger partial charge in [-0.15, -0.1) is 0 Å². The topological polar surface area (TPSA) is 47.3 Å². The minimum atomic E-state index is -0.0696. The first kappa shape index (κ1) is 21.8. The molecular weight excluding hydrogens is 518 g/mol. The fourth-order valence-corrected chi connectivity index (χ4v) is 4.71. The van der Waals surface area contributed by atoms with E-state index in [0.29, 0.717) is 10.6 Å². The van der Waals surface area contributed by atoms with E-state index in [4.69, 9.17) is 21.7 Å². The number of nitrogens with zero attached hydrogens (tertiary/aromatic N) is 3. The summed E-state index contributed by atoms with van der Waals surface area (Å²) in [4.78, 5) is 18.4. The van der Waals surface area contributed by atoms with Crippen molar-refractivity contribution in [1.29, 1.82) is 0 Å². The molecule has 0 spiro atoms. The molecule has 0 N–H and O–H groups in total. The summed E-state index contributed by atoms with van der Waals surface area (Å²) in [5.74, 6) is -0.0696. The van der Waals surface area contributed by atoms with Crippen LogP contribution in [-0.2, 0) is 0 Å². The lowest BCUT2D eigenvalue weighted by Crippen LogP contribution is -1.95. The lowest BCUT2D eigenvalue weighted by molar-refractivity contribution is 0.104. The summed E-state index contributed by atoms with van der Waals surface area (Å²) in [5.41, 5.74) is 5.20. The molecule has 0 unspecified atom stereocenters. The minimum Gasteiger partial charge on any atom is -0.289 e. The van der Waals surface area contributed by atoms with Gasteiger partial charge >= 0.3 is 0 Å². The molecule has 7 heteroatoms. The number of fused-ring (bicyclic) bond motifs is 1. The van der Waals surface area contributed by atoms with Gasteiger partial charge in [0.2, 0.25) is 4.96 Å². The van der Waals surface area contributed by atoms with Crippen LogP contribution in [0.2, 0.25) is 5.02 Å². The second-order valence-electron chi connectivity index (χ2n) is 7.52. The number of imidazole rings is 1. The number of allylic oxidation sites excluding steroid dienone is 1. The highest BCUT2D eigenvalue weighted by Gasteiger charge is 2.17. The average molecular weight is 535 g/mol. The van der Waals surface area contributed by atoms with E-state index in [2.05, 4.69) is 15.9 Å². The number of aryl methyl sites for hydroxylation is 1. The number of hydrogen-bond donors (Lipinski definition) is 0. The van der Waals surface area contributed by atoms with Crippen LogP contribution in [0.5, 0.6) is 0 Å². The monoisotopic (exact) mass is 533 g/mol. The fourth-order valence-electron chi connectivity index (χ4n) is 3.41. The maximum Gasteiger partial charge on any atom is 0.213 e. The minimum absolute atomic E-state index is 0.0696. The molecule has 0 saturated heterocycles. The Kier molecular flexibility index (Phi) is 5.98. The third-order valence-corrected chi connectivity index (χ3v) is 6.91. The summed E-state index contributed by atoms with van der Waals surface area (Å²) >= 11 is 11.0. The summed E-state index contributed by atoms with van der Waals surface area (Å²) < 4.78 is 2.78. The number of benzene rings is 3. The van der Waals surface area contributed by atoms with Crippen LogP contribution < -0.4 is 0 Å². The van der Waals surface area contributed by atoms with Crippen LogP contribution in [0.3, 0.4) is 0 Å². The van der Waals surface area contributed by atoms with Crippen LogP contribution >= 0.6 is 38.9 Å². The van der Waals surface area contributed by atoms with Crippen molar-refractivity contribution in [1.82, 2.24) is 14.6 Å². The Morgan fingerprint density at radius 3 is 2.33 bits per heavy atom. The molecule has 5 rings (SSSR count). The predicted molar refractivity (Wildman–Crippen MR) is 139 cm³/mol. The molecule has 2 heterocycles. The lowest BCUT2D eigenvalue weighted by Gasteiger charge is -2.01. The van der Waals surface area contributed by atoms with Gasteiger partial charge in [0.1, 0.15) is 5.01 Å². The van der Waals surface area contributed by atoms with E-state index in [1.807, 2.05) is 79.7 Å². The van der Waals surface area contributed by atoms with Gasteiger partial charge in [-0.2, -0.15) is 5.10 Å². The predicted octanol–water partition coefficient (Wildman–Crippen LogP) is 7.75. The normalized spacial score (nSPS) is 11.5. The van der Waals surface area contributed by atoms with Crippen LogP contribution in [-0.4, -0.2) is 20.4 Å². The number of aromatic nitrogens is 3. The molecule has 33 heavy (non-hydrogen) atoms. The lowest BCUT2D eigenvalue weighted by atomic mass is 10.1. The summed E-state index contributed by atoms with van der Waals surface area (Å²) in [6, 6.07) is 23.0. The molecule has 0 radical (unpaired) electrons. The first-order chi connectivity index (χ1) is 16.0. The second-order valence-corrected chi connectivity index (χ2v) is 9.83. The van der Waals surface area contributed by atoms with Gasteiger partial charge in [-0.1, -0.05) is 93.0 Å². The number of hydrogen-bond acceptors (Lipinski definition) is 4. The summed E-state index contributed by atoms with van der Waals surface area (Å²) in [5, 5.41) is 6.30. The van der Waals surface area contributed by atoms with E-state index in [0.717, 1.165) is 42.5 Å². The molecule has 0 atom stereocenters. The van der Waals surface area contributed by atoms with E-state index in [9.17, 15) is 4.79 Å². The molecule has 0 bridgehead atoms. The molecule has 4 nitrogen and oxygen atoms in total. The van der Waals surface area contributed by atoms with Crippen molar-refractivity contribution in [3.63, 3.8) is 0 Å². The molecule has 0 aliphatic heterocycles. The molecule has 162 valence electrons. The quantitative estimate of drug-likeness (QED) is 0.171. The maximum atomic E-state index is 12.8. The van der Waals surface area contributed by atoms with Crippen molar-refractivity contribution in [3.8, 4) is 21.8 Å². The van der Waals surface area contributed by atoms with Crippen molar-refractivity contribution < 1.29 is 4.79 Å². The van der Waals surface area contributed by atoms with Crippen molar-refractivity contribution in [3.05, 3.63) is 105 Å². The Morgan fingerprint density at radius 2 is 1.64 bits per heavy atom. The Morgan fingerprint density at radius 1 is 0.970 bits per heavy atom. The first-order valence-electron chi connectivity index (χ1n) is 10.2. The number of halogens is 2. The van der Waals surface area contributed by atoms with Gasteiger partial charge in [0.05, 0.1) is 11.4 Å². The zero-order valence-electron chi connectivity index (χ0n) is 17.5. The summed E-state index contributed by atoms with van der Waals surface area (Å²) in [7, 11) is 0. The molecule has 3 aromatic carbocycles. The van der Waals surface area contributed by atoms with Gasteiger partial charge in [-0.05, 0) is 43.3 Å². The Balaban J connectivity index is 1.60. The smallest absolute Gasteiger partial charge is 0.213 e. The molecule has 5 aromatic rings. The SMILES string of the molecule is Cc1ccc(C(=O)/C=C/c2c(-c3ccc(Br)cc3)nc3sc(-c4ccc(Cl)cc4)nn23)cc1. The largest absolute Gasteiger partial charge is 0.289 e. The van der Waals surface area contributed by atoms with Gasteiger partial charge in [-0.3, -0.25) is 4.79 Å². The van der Waals surface area contributed by atoms with Gasteiger partial charge in [0.15, 0.2) is 5.78 Å². The Hall–Kier alpha value is -3.06. The van der Waals surface area contributed by atoms with E-state index in [1.54, 1.807) is 16.7 Å². The van der Waals surface area contributed by atoms with Crippen LogP contribution in [0.1, 0.15) is 21.6 Å². The molecule has 0 fully saturated rings. The van der Waals surface area contributed by atoms with Gasteiger partial charge in [0, 0.05) is 26.2 Å². The fraction of sp³-hybridized carbons (Fsp3) is 0.0385. The summed E-state index contributed by atoms with van der Waals surface area (Å²) in [6.45, 7) is 2.00. The average Bonchev–Trinajstić information content (AvgIpc) is 3.37. The van der Waals surface area contributed by atoms with Crippen LogP contribution in [0.4, 0.5) is 0 Å². The zero-order valence-corrected chi connectivity index (χ0v) is 20.7. The molecule has 0 aliphatic rings. The number of carbonyl (C=O) groups is 1.